The van der Waals surface area contributed by atoms with E-state index < -0.39 is 0 Å². The summed E-state index contributed by atoms with van der Waals surface area (Å²) in [6.07, 6.45) is 8.00. The number of rotatable bonds is 4. The van der Waals surface area contributed by atoms with Crippen molar-refractivity contribution in [2.45, 2.75) is 25.4 Å². The van der Waals surface area contributed by atoms with E-state index in [0.717, 1.165) is 37.2 Å². The summed E-state index contributed by atoms with van der Waals surface area (Å²) in [5.74, 6) is 2.76. The Morgan fingerprint density at radius 1 is 1.12 bits per heavy atom. The van der Waals surface area contributed by atoms with E-state index in [1.165, 1.54) is 25.1 Å². The van der Waals surface area contributed by atoms with E-state index in [9.17, 15) is 0 Å². The minimum absolute atomic E-state index is 0.584. The Kier molecular flexibility index (Phi) is 4.33. The Hall–Kier alpha value is -2.15. The van der Waals surface area contributed by atoms with Gasteiger partial charge in [-0.1, -0.05) is 0 Å². The van der Waals surface area contributed by atoms with E-state index in [1.54, 1.807) is 12.4 Å². The first-order valence-corrected chi connectivity index (χ1v) is 9.07. The Morgan fingerprint density at radius 2 is 1.92 bits per heavy atom. The Labute approximate surface area is 149 Å². The van der Waals surface area contributed by atoms with Crippen molar-refractivity contribution in [2.24, 2.45) is 13.0 Å². The first kappa shape index (κ1) is 16.3. The van der Waals surface area contributed by atoms with Crippen LogP contribution in [-0.4, -0.2) is 64.4 Å². The SMILES string of the molecule is CN(C)c1nccnc1N1CCC2CCN(Cc3ccnn3C)C2C1. The van der Waals surface area contributed by atoms with Gasteiger partial charge in [0.25, 0.3) is 0 Å². The van der Waals surface area contributed by atoms with Crippen molar-refractivity contribution < 1.29 is 0 Å². The largest absolute Gasteiger partial charge is 0.360 e. The third-order valence-corrected chi connectivity index (χ3v) is 5.65. The molecule has 2 aromatic heterocycles. The van der Waals surface area contributed by atoms with Gasteiger partial charge in [-0.2, -0.15) is 5.10 Å². The predicted molar refractivity (Wildman–Crippen MR) is 98.7 cm³/mol. The number of aromatic nitrogens is 4. The highest BCUT2D eigenvalue weighted by Gasteiger charge is 2.39. The van der Waals surface area contributed by atoms with E-state index in [1.807, 2.05) is 32.0 Å². The molecule has 0 spiro atoms. The third-order valence-electron chi connectivity index (χ3n) is 5.65. The van der Waals surface area contributed by atoms with Crippen LogP contribution in [0.25, 0.3) is 0 Å². The van der Waals surface area contributed by atoms with Crippen molar-refractivity contribution in [3.8, 4) is 0 Å². The van der Waals surface area contributed by atoms with Crippen LogP contribution in [0.15, 0.2) is 24.7 Å². The molecule has 4 rings (SSSR count). The second-order valence-corrected chi connectivity index (χ2v) is 7.37. The van der Waals surface area contributed by atoms with Crippen LogP contribution in [0.5, 0.6) is 0 Å². The van der Waals surface area contributed by atoms with Crippen LogP contribution in [0, 0.1) is 5.92 Å². The molecule has 2 atom stereocenters. The molecule has 2 fully saturated rings. The molecule has 25 heavy (non-hydrogen) atoms. The molecular weight excluding hydrogens is 314 g/mol. The summed E-state index contributed by atoms with van der Waals surface area (Å²) >= 11 is 0. The molecule has 2 aromatic rings. The fourth-order valence-corrected chi connectivity index (χ4v) is 4.24. The lowest BCUT2D eigenvalue weighted by Crippen LogP contribution is -2.48. The van der Waals surface area contributed by atoms with Gasteiger partial charge in [-0.15, -0.1) is 0 Å². The highest BCUT2D eigenvalue weighted by molar-refractivity contribution is 5.61. The predicted octanol–water partition coefficient (Wildman–Crippen LogP) is 1.38. The average Bonchev–Trinajstić information content (AvgIpc) is 3.21. The quantitative estimate of drug-likeness (QED) is 0.837. The summed E-state index contributed by atoms with van der Waals surface area (Å²) in [4.78, 5) is 16.3. The molecule has 0 aliphatic carbocycles. The van der Waals surface area contributed by atoms with E-state index in [2.05, 4.69) is 35.8 Å². The second-order valence-electron chi connectivity index (χ2n) is 7.37. The first-order valence-electron chi connectivity index (χ1n) is 9.07. The van der Waals surface area contributed by atoms with Gasteiger partial charge in [0.1, 0.15) is 0 Å². The summed E-state index contributed by atoms with van der Waals surface area (Å²) in [7, 11) is 6.09. The van der Waals surface area contributed by atoms with Gasteiger partial charge in [0.2, 0.25) is 0 Å². The van der Waals surface area contributed by atoms with Crippen LogP contribution in [-0.2, 0) is 13.6 Å². The number of piperidine rings is 1. The summed E-state index contributed by atoms with van der Waals surface area (Å²) in [5.41, 5.74) is 1.28. The van der Waals surface area contributed by atoms with Gasteiger partial charge in [0.15, 0.2) is 11.6 Å². The summed E-state index contributed by atoms with van der Waals surface area (Å²) in [6, 6.07) is 2.71. The lowest BCUT2D eigenvalue weighted by molar-refractivity contribution is 0.196. The standard InChI is InChI=1S/C18H27N7/c1-22(2)17-18(20-9-8-19-17)25-11-6-14-5-10-24(16(14)13-25)12-15-4-7-21-23(15)3/h4,7-9,14,16H,5-6,10-13H2,1-3H3. The molecule has 2 saturated heterocycles. The maximum absolute atomic E-state index is 4.64. The zero-order valence-electron chi connectivity index (χ0n) is 15.3. The number of nitrogens with zero attached hydrogens (tertiary/aromatic N) is 7. The molecule has 0 saturated carbocycles. The summed E-state index contributed by atoms with van der Waals surface area (Å²) in [6.45, 7) is 4.25. The van der Waals surface area contributed by atoms with Gasteiger partial charge in [-0.3, -0.25) is 9.58 Å². The lowest BCUT2D eigenvalue weighted by Gasteiger charge is -2.39. The maximum Gasteiger partial charge on any atom is 0.172 e. The van der Waals surface area contributed by atoms with Crippen molar-refractivity contribution in [3.63, 3.8) is 0 Å². The van der Waals surface area contributed by atoms with Gasteiger partial charge < -0.3 is 9.80 Å². The highest BCUT2D eigenvalue weighted by atomic mass is 15.3. The van der Waals surface area contributed by atoms with Crippen molar-refractivity contribution in [1.82, 2.24) is 24.6 Å². The van der Waals surface area contributed by atoms with Crippen molar-refractivity contribution in [3.05, 3.63) is 30.4 Å². The molecular formula is C18H27N7. The molecule has 134 valence electrons. The summed E-state index contributed by atoms with van der Waals surface area (Å²) in [5, 5.41) is 4.31. The molecule has 2 aliphatic rings. The minimum Gasteiger partial charge on any atom is -0.360 e. The smallest absolute Gasteiger partial charge is 0.172 e. The van der Waals surface area contributed by atoms with Gasteiger partial charge in [0, 0.05) is 65.4 Å². The van der Waals surface area contributed by atoms with E-state index in [0.29, 0.717) is 6.04 Å². The van der Waals surface area contributed by atoms with Crippen LogP contribution >= 0.6 is 0 Å². The fraction of sp³-hybridized carbons (Fsp3) is 0.611. The summed E-state index contributed by atoms with van der Waals surface area (Å²) < 4.78 is 1.99. The van der Waals surface area contributed by atoms with E-state index in [-0.39, 0.29) is 0 Å². The zero-order valence-corrected chi connectivity index (χ0v) is 15.3. The molecule has 0 radical (unpaired) electrons. The van der Waals surface area contributed by atoms with Crippen LogP contribution < -0.4 is 9.80 Å². The average molecular weight is 341 g/mol. The van der Waals surface area contributed by atoms with E-state index in [4.69, 9.17) is 0 Å². The number of anilines is 2. The zero-order chi connectivity index (χ0) is 17.4. The molecule has 0 bridgehead atoms. The Bertz CT molecular complexity index is 726. The normalized spacial score (nSPS) is 23.7. The first-order chi connectivity index (χ1) is 12.1. The molecule has 2 aliphatic heterocycles. The van der Waals surface area contributed by atoms with Gasteiger partial charge in [-0.05, 0) is 31.4 Å². The highest BCUT2D eigenvalue weighted by Crippen LogP contribution is 2.35. The van der Waals surface area contributed by atoms with Gasteiger partial charge >= 0.3 is 0 Å². The van der Waals surface area contributed by atoms with E-state index >= 15 is 0 Å². The Morgan fingerprint density at radius 3 is 2.68 bits per heavy atom. The molecule has 7 heteroatoms. The number of hydrogen-bond donors (Lipinski definition) is 0. The van der Waals surface area contributed by atoms with Crippen molar-refractivity contribution >= 4 is 11.6 Å². The maximum atomic E-state index is 4.64. The molecule has 4 heterocycles. The number of hydrogen-bond acceptors (Lipinski definition) is 6. The van der Waals surface area contributed by atoms with Gasteiger partial charge in [-0.25, -0.2) is 9.97 Å². The van der Waals surface area contributed by atoms with Crippen LogP contribution in [0.1, 0.15) is 18.5 Å². The molecule has 2 unspecified atom stereocenters. The van der Waals surface area contributed by atoms with Gasteiger partial charge in [0.05, 0.1) is 5.69 Å². The van der Waals surface area contributed by atoms with Crippen LogP contribution in [0.2, 0.25) is 0 Å². The fourth-order valence-electron chi connectivity index (χ4n) is 4.24. The van der Waals surface area contributed by atoms with Crippen molar-refractivity contribution in [1.29, 1.82) is 0 Å². The van der Waals surface area contributed by atoms with Crippen LogP contribution in [0.4, 0.5) is 11.6 Å². The topological polar surface area (TPSA) is 53.3 Å². The van der Waals surface area contributed by atoms with Crippen molar-refractivity contribution in [2.75, 3.05) is 43.5 Å². The minimum atomic E-state index is 0.584. The van der Waals surface area contributed by atoms with Crippen LogP contribution in [0.3, 0.4) is 0 Å². The number of aryl methyl sites for hydroxylation is 1. The monoisotopic (exact) mass is 341 g/mol. The number of fused-ring (bicyclic) bond motifs is 1. The molecule has 0 N–H and O–H groups in total. The molecule has 0 amide bonds. The second kappa shape index (κ2) is 6.63. The number of likely N-dealkylation sites (tertiary alicyclic amines) is 1. The molecule has 7 nitrogen and oxygen atoms in total. The molecule has 0 aromatic carbocycles. The lowest BCUT2D eigenvalue weighted by atomic mass is 9.92. The third kappa shape index (κ3) is 3.08. The Balaban J connectivity index is 1.53.